The van der Waals surface area contributed by atoms with Crippen LogP contribution < -0.4 is 0 Å². The number of thioether (sulfide) groups is 1. The summed E-state index contributed by atoms with van der Waals surface area (Å²) in [6, 6.07) is 11.1. The highest BCUT2D eigenvalue weighted by molar-refractivity contribution is 7.99. The summed E-state index contributed by atoms with van der Waals surface area (Å²) in [5, 5.41) is 13.6. The molecule has 1 N–H and O–H groups in total. The number of alkyl halides is 3. The number of aromatic nitrogens is 2. The van der Waals surface area contributed by atoms with Gasteiger partial charge in [0.25, 0.3) is 0 Å². The van der Waals surface area contributed by atoms with Crippen LogP contribution in [0.4, 0.5) is 13.2 Å². The fourth-order valence-electron chi connectivity index (χ4n) is 3.69. The largest absolute Gasteiger partial charge is 0.481 e. The lowest BCUT2D eigenvalue weighted by Crippen LogP contribution is -2.05. The van der Waals surface area contributed by atoms with Gasteiger partial charge in [-0.3, -0.25) is 4.79 Å². The molecule has 0 fully saturated rings. The molecular formula is C25H27F3N2O2S. The molecule has 1 atom stereocenters. The van der Waals surface area contributed by atoms with Gasteiger partial charge >= 0.3 is 12.1 Å². The lowest BCUT2D eigenvalue weighted by atomic mass is 10.0. The summed E-state index contributed by atoms with van der Waals surface area (Å²) in [5.74, 6) is -0.809. The van der Waals surface area contributed by atoms with Crippen molar-refractivity contribution in [2.75, 3.05) is 0 Å². The van der Waals surface area contributed by atoms with Gasteiger partial charge in [0, 0.05) is 28.3 Å². The monoisotopic (exact) mass is 476 g/mol. The molecular weight excluding hydrogens is 449 g/mol. The van der Waals surface area contributed by atoms with Crippen LogP contribution in [0.3, 0.4) is 0 Å². The third-order valence-corrected chi connectivity index (χ3v) is 6.79. The Morgan fingerprint density at radius 1 is 1.15 bits per heavy atom. The van der Waals surface area contributed by atoms with E-state index in [2.05, 4.69) is 18.1 Å². The number of benzene rings is 2. The van der Waals surface area contributed by atoms with Crippen LogP contribution in [0.2, 0.25) is 0 Å². The molecule has 0 radical (unpaired) electrons. The van der Waals surface area contributed by atoms with Gasteiger partial charge < -0.3 is 5.11 Å². The summed E-state index contributed by atoms with van der Waals surface area (Å²) in [5.41, 5.74) is 3.88. The van der Waals surface area contributed by atoms with E-state index < -0.39 is 17.7 Å². The van der Waals surface area contributed by atoms with Crippen molar-refractivity contribution in [3.8, 4) is 5.69 Å². The van der Waals surface area contributed by atoms with Gasteiger partial charge in [0.15, 0.2) is 0 Å². The lowest BCUT2D eigenvalue weighted by molar-refractivity contribution is -0.138. The quantitative estimate of drug-likeness (QED) is 0.333. The Morgan fingerprint density at radius 3 is 2.42 bits per heavy atom. The zero-order valence-electron chi connectivity index (χ0n) is 18.8. The van der Waals surface area contributed by atoms with E-state index in [1.807, 2.05) is 32.2 Å². The number of rotatable bonds is 9. The van der Waals surface area contributed by atoms with Gasteiger partial charge in [0.1, 0.15) is 0 Å². The first-order valence-electron chi connectivity index (χ1n) is 10.8. The molecule has 4 nitrogen and oxygen atoms in total. The van der Waals surface area contributed by atoms with Crippen molar-refractivity contribution < 1.29 is 23.1 Å². The summed E-state index contributed by atoms with van der Waals surface area (Å²) < 4.78 is 40.2. The molecule has 33 heavy (non-hydrogen) atoms. The average molecular weight is 477 g/mol. The van der Waals surface area contributed by atoms with Crippen LogP contribution >= 0.6 is 11.8 Å². The topological polar surface area (TPSA) is 55.1 Å². The molecule has 1 aromatic heterocycles. The highest BCUT2D eigenvalue weighted by atomic mass is 32.2. The fraction of sp³-hybridized carbons (Fsp3) is 0.360. The molecule has 0 aliphatic carbocycles. The fourth-order valence-corrected chi connectivity index (χ4v) is 5.12. The van der Waals surface area contributed by atoms with Crippen LogP contribution in [0.15, 0.2) is 53.6 Å². The number of carbonyl (C=O) groups is 1. The maximum atomic E-state index is 12.9. The second-order valence-corrected chi connectivity index (χ2v) is 9.31. The van der Waals surface area contributed by atoms with Crippen molar-refractivity contribution in [2.24, 2.45) is 0 Å². The van der Waals surface area contributed by atoms with Crippen LogP contribution in [-0.2, 0) is 17.4 Å². The number of nitrogens with zero attached hydrogens (tertiary/aromatic N) is 2. The van der Waals surface area contributed by atoms with E-state index in [0.29, 0.717) is 12.1 Å². The number of hydrogen-bond donors (Lipinski definition) is 1. The highest BCUT2D eigenvalue weighted by Gasteiger charge is 2.30. The van der Waals surface area contributed by atoms with E-state index in [9.17, 15) is 18.0 Å². The second kappa shape index (κ2) is 10.5. The smallest absolute Gasteiger partial charge is 0.416 e. The molecule has 176 valence electrons. The Balaban J connectivity index is 1.82. The van der Waals surface area contributed by atoms with E-state index >= 15 is 0 Å². The number of aliphatic carboxylic acids is 1. The van der Waals surface area contributed by atoms with Crippen LogP contribution in [0.5, 0.6) is 0 Å². The molecule has 3 rings (SSSR count). The van der Waals surface area contributed by atoms with E-state index in [-0.39, 0.29) is 11.7 Å². The Bertz CT molecular complexity index is 1110. The van der Waals surface area contributed by atoms with Gasteiger partial charge in [-0.05, 0) is 74.2 Å². The Morgan fingerprint density at radius 2 is 1.85 bits per heavy atom. The third kappa shape index (κ3) is 6.41. The number of carboxylic acids is 1. The number of carboxylic acid groups (broad SMARTS) is 1. The van der Waals surface area contributed by atoms with Gasteiger partial charge in [-0.2, -0.15) is 18.3 Å². The molecule has 0 saturated carbocycles. The molecule has 3 aromatic rings. The minimum atomic E-state index is -4.37. The molecule has 0 bridgehead atoms. The molecule has 2 aromatic carbocycles. The maximum Gasteiger partial charge on any atom is 0.416 e. The zero-order valence-corrected chi connectivity index (χ0v) is 19.6. The van der Waals surface area contributed by atoms with Crippen LogP contribution in [0, 0.1) is 13.8 Å². The summed E-state index contributed by atoms with van der Waals surface area (Å²) in [4.78, 5) is 11.9. The lowest BCUT2D eigenvalue weighted by Gasteiger charge is -2.16. The first kappa shape index (κ1) is 24.9. The Labute approximate surface area is 195 Å². The minimum Gasteiger partial charge on any atom is -0.481 e. The number of aryl methyl sites for hydroxylation is 3. The molecule has 0 amide bonds. The summed E-state index contributed by atoms with van der Waals surface area (Å²) in [6.45, 7) is 6.02. The van der Waals surface area contributed by atoms with E-state index in [0.717, 1.165) is 52.3 Å². The van der Waals surface area contributed by atoms with Crippen molar-refractivity contribution in [3.63, 3.8) is 0 Å². The van der Waals surface area contributed by atoms with Gasteiger partial charge in [0.05, 0.1) is 16.9 Å². The SMILES string of the molecule is CCCC(Sc1ccc(CCC(=O)O)c(C)c1)c1cn(-c2ccc(C(F)(F)F)cc2)nc1C. The second-order valence-electron chi connectivity index (χ2n) is 8.04. The van der Waals surface area contributed by atoms with Crippen molar-refractivity contribution in [3.05, 3.63) is 76.6 Å². The van der Waals surface area contributed by atoms with Crippen LogP contribution in [0.25, 0.3) is 5.69 Å². The average Bonchev–Trinajstić information content (AvgIpc) is 3.14. The normalized spacial score (nSPS) is 12.7. The standard InChI is InChI=1S/C25H27F3N2O2S/c1-4-5-23(33-21-12-6-18(16(2)14-21)7-13-24(31)32)22-15-30(29-17(22)3)20-10-8-19(9-11-20)25(26,27)28/h6,8-12,14-15,23H,4-5,7,13H2,1-3H3,(H,31,32). The van der Waals surface area contributed by atoms with Gasteiger partial charge in [-0.1, -0.05) is 19.4 Å². The van der Waals surface area contributed by atoms with E-state index in [1.165, 1.54) is 12.1 Å². The molecule has 1 heterocycles. The van der Waals surface area contributed by atoms with Crippen LogP contribution in [0.1, 0.15) is 59.4 Å². The molecule has 0 saturated heterocycles. The van der Waals surface area contributed by atoms with Crippen molar-refractivity contribution in [1.82, 2.24) is 9.78 Å². The molecule has 0 aliphatic heterocycles. The van der Waals surface area contributed by atoms with Gasteiger partial charge in [-0.15, -0.1) is 11.8 Å². The third-order valence-electron chi connectivity index (χ3n) is 5.49. The predicted molar refractivity (Wildman–Crippen MR) is 124 cm³/mol. The van der Waals surface area contributed by atoms with E-state index in [4.69, 9.17) is 5.11 Å². The minimum absolute atomic E-state index is 0.105. The molecule has 8 heteroatoms. The highest BCUT2D eigenvalue weighted by Crippen LogP contribution is 2.40. The van der Waals surface area contributed by atoms with E-state index in [1.54, 1.807) is 16.4 Å². The summed E-state index contributed by atoms with van der Waals surface area (Å²) in [6.07, 6.45) is 0.0348. The molecule has 1 unspecified atom stereocenters. The van der Waals surface area contributed by atoms with Gasteiger partial charge in [-0.25, -0.2) is 4.68 Å². The number of hydrogen-bond acceptors (Lipinski definition) is 3. The Kier molecular flexibility index (Phi) is 7.89. The maximum absolute atomic E-state index is 12.9. The molecule has 0 aliphatic rings. The zero-order chi connectivity index (χ0) is 24.2. The van der Waals surface area contributed by atoms with Crippen molar-refractivity contribution in [1.29, 1.82) is 0 Å². The first-order valence-corrected chi connectivity index (χ1v) is 11.7. The summed E-state index contributed by atoms with van der Waals surface area (Å²) >= 11 is 1.72. The summed E-state index contributed by atoms with van der Waals surface area (Å²) in [7, 11) is 0. The number of halogens is 3. The molecule has 0 spiro atoms. The predicted octanol–water partition coefficient (Wildman–Crippen LogP) is 7.16. The van der Waals surface area contributed by atoms with Crippen molar-refractivity contribution in [2.45, 2.75) is 62.8 Å². The first-order chi connectivity index (χ1) is 15.6. The van der Waals surface area contributed by atoms with Crippen molar-refractivity contribution >= 4 is 17.7 Å². The van der Waals surface area contributed by atoms with Crippen LogP contribution in [-0.4, -0.2) is 20.9 Å². The Hall–Kier alpha value is -2.74. The van der Waals surface area contributed by atoms with Gasteiger partial charge in [0.2, 0.25) is 0 Å².